The number of benzene rings is 1. The Morgan fingerprint density at radius 1 is 1.19 bits per heavy atom. The third kappa shape index (κ3) is 3.81. The first kappa shape index (κ1) is 21.5. The van der Waals surface area contributed by atoms with Gasteiger partial charge in [0.05, 0.1) is 46.9 Å². The largest absolute Gasteiger partial charge is 0.417 e. The van der Waals surface area contributed by atoms with Gasteiger partial charge in [0.2, 0.25) is 0 Å². The SMILES string of the molecule is CC(C)N(Cc1ccc(C(F)(F)F)cn1)C(=O)c1cc2c(cc1F)nc(N)c1cncn12. The van der Waals surface area contributed by atoms with E-state index in [1.807, 2.05) is 0 Å². The topological polar surface area (TPSA) is 89.4 Å². The summed E-state index contributed by atoms with van der Waals surface area (Å²) in [5.41, 5.74) is 6.23. The van der Waals surface area contributed by atoms with Gasteiger partial charge in [-0.2, -0.15) is 13.2 Å². The van der Waals surface area contributed by atoms with Gasteiger partial charge in [-0.05, 0) is 32.0 Å². The molecule has 0 aliphatic carbocycles. The van der Waals surface area contributed by atoms with Crippen molar-refractivity contribution in [2.24, 2.45) is 0 Å². The number of hydrogen-bond donors (Lipinski definition) is 1. The highest BCUT2D eigenvalue weighted by molar-refractivity contribution is 5.98. The quantitative estimate of drug-likeness (QED) is 0.478. The van der Waals surface area contributed by atoms with Gasteiger partial charge in [-0.3, -0.25) is 14.2 Å². The third-order valence-electron chi connectivity index (χ3n) is 5.06. The number of pyridine rings is 1. The summed E-state index contributed by atoms with van der Waals surface area (Å²) in [6.07, 6.45) is -0.818. The number of nitrogens with zero attached hydrogens (tertiary/aromatic N) is 5. The van der Waals surface area contributed by atoms with Gasteiger partial charge < -0.3 is 10.6 Å². The lowest BCUT2D eigenvalue weighted by molar-refractivity contribution is -0.137. The molecule has 166 valence electrons. The molecule has 0 aliphatic rings. The molecule has 0 spiro atoms. The Morgan fingerprint density at radius 2 is 1.94 bits per heavy atom. The molecule has 11 heteroatoms. The van der Waals surface area contributed by atoms with Gasteiger partial charge in [-0.1, -0.05) is 0 Å². The second kappa shape index (κ2) is 7.74. The first-order valence-electron chi connectivity index (χ1n) is 9.60. The van der Waals surface area contributed by atoms with E-state index in [1.54, 1.807) is 18.2 Å². The van der Waals surface area contributed by atoms with Crippen molar-refractivity contribution in [2.45, 2.75) is 32.6 Å². The van der Waals surface area contributed by atoms with Crippen molar-refractivity contribution >= 4 is 28.3 Å². The Hall–Kier alpha value is -3.76. The fourth-order valence-electron chi connectivity index (χ4n) is 3.37. The maximum atomic E-state index is 14.9. The predicted octanol–water partition coefficient (Wildman–Crippen LogP) is 4.07. The number of anilines is 1. The fraction of sp³-hybridized carbons (Fsp3) is 0.238. The summed E-state index contributed by atoms with van der Waals surface area (Å²) >= 11 is 0. The lowest BCUT2D eigenvalue weighted by atomic mass is 10.1. The summed E-state index contributed by atoms with van der Waals surface area (Å²) in [6, 6.07) is 4.20. The molecular formula is C21H18F4N6O. The van der Waals surface area contributed by atoms with Crippen LogP contribution in [0.3, 0.4) is 0 Å². The van der Waals surface area contributed by atoms with Crippen molar-refractivity contribution in [1.29, 1.82) is 0 Å². The fourth-order valence-corrected chi connectivity index (χ4v) is 3.37. The molecule has 0 unspecified atom stereocenters. The van der Waals surface area contributed by atoms with Crippen LogP contribution in [0.25, 0.3) is 16.6 Å². The smallest absolute Gasteiger partial charge is 0.382 e. The van der Waals surface area contributed by atoms with E-state index in [0.717, 1.165) is 12.1 Å². The highest BCUT2D eigenvalue weighted by Gasteiger charge is 2.31. The molecule has 4 aromatic rings. The number of amides is 1. The van der Waals surface area contributed by atoms with Gasteiger partial charge in [0.15, 0.2) is 0 Å². The number of fused-ring (bicyclic) bond motifs is 3. The van der Waals surface area contributed by atoms with Crippen LogP contribution in [-0.2, 0) is 12.7 Å². The number of nitrogens with two attached hydrogens (primary N) is 1. The minimum atomic E-state index is -4.51. The Kier molecular flexibility index (Phi) is 5.19. The number of carbonyl (C=O) groups is 1. The third-order valence-corrected chi connectivity index (χ3v) is 5.06. The average molecular weight is 446 g/mol. The van der Waals surface area contributed by atoms with Crippen LogP contribution in [-0.4, -0.2) is 36.2 Å². The minimum Gasteiger partial charge on any atom is -0.382 e. The van der Waals surface area contributed by atoms with Crippen molar-refractivity contribution < 1.29 is 22.4 Å². The molecule has 7 nitrogen and oxygen atoms in total. The van der Waals surface area contributed by atoms with Crippen molar-refractivity contribution in [3.63, 3.8) is 0 Å². The number of imidazole rings is 1. The number of nitrogen functional groups attached to an aromatic ring is 1. The van der Waals surface area contributed by atoms with Crippen molar-refractivity contribution in [3.05, 3.63) is 65.6 Å². The van der Waals surface area contributed by atoms with Crippen LogP contribution in [0.1, 0.15) is 35.5 Å². The zero-order chi connectivity index (χ0) is 23.2. The maximum absolute atomic E-state index is 14.9. The van der Waals surface area contributed by atoms with Crippen molar-refractivity contribution in [3.8, 4) is 0 Å². The van der Waals surface area contributed by atoms with E-state index in [0.29, 0.717) is 17.2 Å². The average Bonchev–Trinajstić information content (AvgIpc) is 3.21. The van der Waals surface area contributed by atoms with Gasteiger partial charge in [-0.25, -0.2) is 14.4 Å². The Balaban J connectivity index is 1.72. The van der Waals surface area contributed by atoms with Crippen LogP contribution < -0.4 is 5.73 Å². The summed E-state index contributed by atoms with van der Waals surface area (Å²) in [4.78, 5) is 26.6. The van der Waals surface area contributed by atoms with Crippen LogP contribution in [0.15, 0.2) is 43.0 Å². The molecule has 0 saturated carbocycles. The molecule has 0 fully saturated rings. The highest BCUT2D eigenvalue weighted by atomic mass is 19.4. The number of rotatable bonds is 4. The summed E-state index contributed by atoms with van der Waals surface area (Å²) in [7, 11) is 0. The van der Waals surface area contributed by atoms with E-state index in [1.165, 1.54) is 29.6 Å². The molecule has 4 rings (SSSR count). The van der Waals surface area contributed by atoms with E-state index < -0.39 is 23.5 Å². The second-order valence-corrected chi connectivity index (χ2v) is 7.53. The first-order valence-corrected chi connectivity index (χ1v) is 9.60. The summed E-state index contributed by atoms with van der Waals surface area (Å²) in [5, 5.41) is 0. The summed E-state index contributed by atoms with van der Waals surface area (Å²) in [5.74, 6) is -1.25. The monoisotopic (exact) mass is 446 g/mol. The van der Waals surface area contributed by atoms with Gasteiger partial charge in [0, 0.05) is 18.3 Å². The molecule has 3 heterocycles. The molecule has 0 atom stereocenters. The standard InChI is InChI=1S/C21H18F4N6O/c1-11(2)30(9-13-4-3-12(7-28-13)21(23,24)25)20(32)14-5-17-16(6-15(14)22)29-19(26)18-8-27-10-31(17)18/h3-8,10-11H,9H2,1-2H3,(H2,26,29). The highest BCUT2D eigenvalue weighted by Crippen LogP contribution is 2.29. The number of alkyl halides is 3. The normalized spacial score (nSPS) is 12.1. The molecule has 2 N–H and O–H groups in total. The molecule has 0 saturated heterocycles. The lowest BCUT2D eigenvalue weighted by Gasteiger charge is -2.27. The number of carbonyl (C=O) groups excluding carboxylic acids is 1. The molecule has 1 amide bonds. The van der Waals surface area contributed by atoms with Crippen LogP contribution in [0.2, 0.25) is 0 Å². The summed E-state index contributed by atoms with van der Waals surface area (Å²) < 4.78 is 54.8. The molecule has 0 bridgehead atoms. The van der Waals surface area contributed by atoms with E-state index >= 15 is 0 Å². The molecule has 3 aromatic heterocycles. The van der Waals surface area contributed by atoms with Crippen LogP contribution >= 0.6 is 0 Å². The number of aromatic nitrogens is 4. The van der Waals surface area contributed by atoms with Gasteiger partial charge >= 0.3 is 6.18 Å². The first-order chi connectivity index (χ1) is 15.1. The van der Waals surface area contributed by atoms with Gasteiger partial charge in [-0.15, -0.1) is 0 Å². The zero-order valence-corrected chi connectivity index (χ0v) is 17.1. The van der Waals surface area contributed by atoms with Crippen LogP contribution in [0.5, 0.6) is 0 Å². The second-order valence-electron chi connectivity index (χ2n) is 7.53. The molecule has 0 aliphatic heterocycles. The summed E-state index contributed by atoms with van der Waals surface area (Å²) in [6.45, 7) is 3.35. The van der Waals surface area contributed by atoms with Crippen molar-refractivity contribution in [2.75, 3.05) is 5.73 Å². The van der Waals surface area contributed by atoms with Gasteiger partial charge in [0.1, 0.15) is 17.2 Å². The van der Waals surface area contributed by atoms with Gasteiger partial charge in [0.25, 0.3) is 5.91 Å². The van der Waals surface area contributed by atoms with E-state index in [2.05, 4.69) is 15.0 Å². The van der Waals surface area contributed by atoms with Crippen LogP contribution in [0, 0.1) is 5.82 Å². The van der Waals surface area contributed by atoms with Crippen molar-refractivity contribution in [1.82, 2.24) is 24.3 Å². The molecule has 0 radical (unpaired) electrons. The number of hydrogen-bond acceptors (Lipinski definition) is 5. The van der Waals surface area contributed by atoms with E-state index in [4.69, 9.17) is 5.73 Å². The Labute approximate surface area is 179 Å². The molecular weight excluding hydrogens is 428 g/mol. The molecule has 1 aromatic carbocycles. The molecule has 32 heavy (non-hydrogen) atoms. The van der Waals surface area contributed by atoms with Crippen LogP contribution in [0.4, 0.5) is 23.4 Å². The Bertz CT molecular complexity index is 1310. The number of halogens is 4. The lowest BCUT2D eigenvalue weighted by Crippen LogP contribution is -2.37. The van der Waals surface area contributed by atoms with E-state index in [9.17, 15) is 22.4 Å². The van der Waals surface area contributed by atoms with E-state index in [-0.39, 0.29) is 35.2 Å². The maximum Gasteiger partial charge on any atom is 0.417 e. The predicted molar refractivity (Wildman–Crippen MR) is 109 cm³/mol. The zero-order valence-electron chi connectivity index (χ0n) is 17.1. The minimum absolute atomic E-state index is 0.0907. The Morgan fingerprint density at radius 3 is 2.56 bits per heavy atom.